The summed E-state index contributed by atoms with van der Waals surface area (Å²) in [4.78, 5) is 0. The molecule has 2 aromatic rings. The van der Waals surface area contributed by atoms with Gasteiger partial charge in [-0.15, -0.1) is 0 Å². The predicted molar refractivity (Wildman–Crippen MR) is 79.1 cm³/mol. The highest BCUT2D eigenvalue weighted by atomic mass is 79.9. The van der Waals surface area contributed by atoms with Crippen LogP contribution in [0, 0.1) is 5.82 Å². The zero-order chi connectivity index (χ0) is 13.7. The van der Waals surface area contributed by atoms with Crippen molar-refractivity contribution in [3.8, 4) is 0 Å². The van der Waals surface area contributed by atoms with Crippen LogP contribution in [0.5, 0.6) is 0 Å². The van der Waals surface area contributed by atoms with Gasteiger partial charge in [-0.1, -0.05) is 46.3 Å². The molecule has 0 saturated carbocycles. The van der Waals surface area contributed by atoms with Crippen LogP contribution in [0.25, 0.3) is 0 Å². The predicted octanol–water partition coefficient (Wildman–Crippen LogP) is 3.21. The van der Waals surface area contributed by atoms with E-state index in [-0.39, 0.29) is 11.9 Å². The molecular weight excluding hydrogens is 307 g/mol. The quantitative estimate of drug-likeness (QED) is 0.655. The molecule has 0 heterocycles. The van der Waals surface area contributed by atoms with E-state index in [1.165, 1.54) is 11.6 Å². The number of nitrogens with two attached hydrogens (primary N) is 1. The monoisotopic (exact) mass is 322 g/mol. The lowest BCUT2D eigenvalue weighted by molar-refractivity contribution is 0.506. The molecule has 0 aliphatic carbocycles. The van der Waals surface area contributed by atoms with Crippen LogP contribution in [-0.2, 0) is 12.8 Å². The molecule has 0 fully saturated rings. The highest BCUT2D eigenvalue weighted by molar-refractivity contribution is 9.10. The van der Waals surface area contributed by atoms with Crippen LogP contribution >= 0.6 is 15.9 Å². The van der Waals surface area contributed by atoms with Crippen molar-refractivity contribution in [3.63, 3.8) is 0 Å². The van der Waals surface area contributed by atoms with E-state index in [2.05, 4.69) is 21.4 Å². The van der Waals surface area contributed by atoms with E-state index in [1.54, 1.807) is 12.1 Å². The first-order chi connectivity index (χ1) is 9.19. The SMILES string of the molecule is NNC(Cc1ccc(Br)cc1)Cc1ccccc1F. The molecule has 0 amide bonds. The van der Waals surface area contributed by atoms with Crippen molar-refractivity contribution in [2.75, 3.05) is 0 Å². The summed E-state index contributed by atoms with van der Waals surface area (Å²) in [5.74, 6) is 5.38. The van der Waals surface area contributed by atoms with Crippen LogP contribution in [0.15, 0.2) is 53.0 Å². The summed E-state index contributed by atoms with van der Waals surface area (Å²) in [6.45, 7) is 0. The van der Waals surface area contributed by atoms with Gasteiger partial charge in [0.25, 0.3) is 0 Å². The zero-order valence-corrected chi connectivity index (χ0v) is 12.0. The van der Waals surface area contributed by atoms with E-state index in [1.807, 2.05) is 30.3 Å². The highest BCUT2D eigenvalue weighted by Gasteiger charge is 2.11. The molecule has 0 bridgehead atoms. The number of halogens is 2. The van der Waals surface area contributed by atoms with Gasteiger partial charge in [0, 0.05) is 10.5 Å². The lowest BCUT2D eigenvalue weighted by atomic mass is 9.99. The number of rotatable bonds is 5. The van der Waals surface area contributed by atoms with Crippen LogP contribution in [0.3, 0.4) is 0 Å². The van der Waals surface area contributed by atoms with Crippen molar-refractivity contribution in [3.05, 3.63) is 69.9 Å². The molecule has 1 atom stereocenters. The molecule has 0 aliphatic heterocycles. The maximum Gasteiger partial charge on any atom is 0.126 e. The second kappa shape index (κ2) is 6.80. The van der Waals surface area contributed by atoms with E-state index >= 15 is 0 Å². The second-order valence-electron chi connectivity index (χ2n) is 4.49. The Morgan fingerprint density at radius 1 is 1.05 bits per heavy atom. The van der Waals surface area contributed by atoms with Crippen molar-refractivity contribution in [2.24, 2.45) is 5.84 Å². The molecule has 2 rings (SSSR count). The van der Waals surface area contributed by atoms with Gasteiger partial charge >= 0.3 is 0 Å². The van der Waals surface area contributed by atoms with Crippen molar-refractivity contribution in [1.29, 1.82) is 0 Å². The Balaban J connectivity index is 2.05. The van der Waals surface area contributed by atoms with Crippen LogP contribution in [0.1, 0.15) is 11.1 Å². The summed E-state index contributed by atoms with van der Waals surface area (Å²) in [6.07, 6.45) is 1.33. The second-order valence-corrected chi connectivity index (χ2v) is 5.41. The molecule has 2 aromatic carbocycles. The van der Waals surface area contributed by atoms with Gasteiger partial charge in [0.2, 0.25) is 0 Å². The smallest absolute Gasteiger partial charge is 0.126 e. The van der Waals surface area contributed by atoms with Gasteiger partial charge in [0.1, 0.15) is 5.82 Å². The molecule has 0 saturated heterocycles. The molecule has 0 spiro atoms. The molecule has 2 nitrogen and oxygen atoms in total. The molecule has 4 heteroatoms. The largest absolute Gasteiger partial charge is 0.271 e. The maximum absolute atomic E-state index is 13.6. The third kappa shape index (κ3) is 4.13. The maximum atomic E-state index is 13.6. The first-order valence-corrected chi connectivity index (χ1v) is 6.92. The average Bonchev–Trinajstić information content (AvgIpc) is 2.43. The zero-order valence-electron chi connectivity index (χ0n) is 10.4. The first kappa shape index (κ1) is 14.2. The third-order valence-corrected chi connectivity index (χ3v) is 3.58. The van der Waals surface area contributed by atoms with Gasteiger partial charge in [-0.2, -0.15) is 0 Å². The summed E-state index contributed by atoms with van der Waals surface area (Å²) in [7, 11) is 0. The summed E-state index contributed by atoms with van der Waals surface area (Å²) < 4.78 is 14.6. The molecule has 19 heavy (non-hydrogen) atoms. The van der Waals surface area contributed by atoms with Gasteiger partial charge in [-0.05, 0) is 42.2 Å². The molecule has 100 valence electrons. The molecule has 0 radical (unpaired) electrons. The van der Waals surface area contributed by atoms with Crippen molar-refractivity contribution >= 4 is 15.9 Å². The topological polar surface area (TPSA) is 38.0 Å². The van der Waals surface area contributed by atoms with Crippen molar-refractivity contribution in [2.45, 2.75) is 18.9 Å². The average molecular weight is 323 g/mol. The van der Waals surface area contributed by atoms with Gasteiger partial charge < -0.3 is 0 Å². The standard InChI is InChI=1S/C15H16BrFN2/c16-13-7-5-11(6-8-13)9-14(19-18)10-12-3-1-2-4-15(12)17/h1-8,14,19H,9-10,18H2. The van der Waals surface area contributed by atoms with Gasteiger partial charge in [0.15, 0.2) is 0 Å². The van der Waals surface area contributed by atoms with E-state index in [9.17, 15) is 4.39 Å². The fourth-order valence-electron chi connectivity index (χ4n) is 2.02. The minimum atomic E-state index is -0.182. The van der Waals surface area contributed by atoms with Gasteiger partial charge in [0.05, 0.1) is 0 Å². The van der Waals surface area contributed by atoms with Crippen LogP contribution < -0.4 is 11.3 Å². The number of hydrogen-bond donors (Lipinski definition) is 2. The van der Waals surface area contributed by atoms with Crippen LogP contribution in [0.2, 0.25) is 0 Å². The number of benzene rings is 2. The van der Waals surface area contributed by atoms with Gasteiger partial charge in [-0.3, -0.25) is 11.3 Å². The molecule has 1 unspecified atom stereocenters. The molecule has 0 aliphatic rings. The normalized spacial score (nSPS) is 12.4. The Bertz CT molecular complexity index is 528. The summed E-state index contributed by atoms with van der Waals surface area (Å²) in [6, 6.07) is 14.9. The lowest BCUT2D eigenvalue weighted by Gasteiger charge is -2.16. The Hall–Kier alpha value is -1.23. The Labute approximate surface area is 120 Å². The summed E-state index contributed by atoms with van der Waals surface area (Å²) >= 11 is 3.40. The van der Waals surface area contributed by atoms with E-state index in [0.29, 0.717) is 12.0 Å². The highest BCUT2D eigenvalue weighted by Crippen LogP contribution is 2.14. The fraction of sp³-hybridized carbons (Fsp3) is 0.200. The number of hydrogen-bond acceptors (Lipinski definition) is 2. The minimum Gasteiger partial charge on any atom is -0.271 e. The Morgan fingerprint density at radius 2 is 1.74 bits per heavy atom. The van der Waals surface area contributed by atoms with Crippen molar-refractivity contribution in [1.82, 2.24) is 5.43 Å². The Morgan fingerprint density at radius 3 is 2.37 bits per heavy atom. The third-order valence-electron chi connectivity index (χ3n) is 3.06. The van der Waals surface area contributed by atoms with Crippen LogP contribution in [0.4, 0.5) is 4.39 Å². The molecule has 3 N–H and O–H groups in total. The number of nitrogens with one attached hydrogen (secondary N) is 1. The number of hydrazine groups is 1. The summed E-state index contributed by atoms with van der Waals surface area (Å²) in [5.41, 5.74) is 4.61. The summed E-state index contributed by atoms with van der Waals surface area (Å²) in [5, 5.41) is 0. The Kier molecular flexibility index (Phi) is 5.07. The van der Waals surface area contributed by atoms with E-state index in [4.69, 9.17) is 5.84 Å². The lowest BCUT2D eigenvalue weighted by Crippen LogP contribution is -2.38. The first-order valence-electron chi connectivity index (χ1n) is 6.13. The fourth-order valence-corrected chi connectivity index (χ4v) is 2.29. The van der Waals surface area contributed by atoms with Crippen LogP contribution in [-0.4, -0.2) is 6.04 Å². The van der Waals surface area contributed by atoms with E-state index in [0.717, 1.165) is 10.9 Å². The van der Waals surface area contributed by atoms with E-state index < -0.39 is 0 Å². The van der Waals surface area contributed by atoms with Crippen molar-refractivity contribution < 1.29 is 4.39 Å². The minimum absolute atomic E-state index is 0.0121. The van der Waals surface area contributed by atoms with Gasteiger partial charge in [-0.25, -0.2) is 4.39 Å². The molecule has 0 aromatic heterocycles. The molecular formula is C15H16BrFN2.